The Morgan fingerprint density at radius 3 is 1.54 bits per heavy atom. The maximum Gasteiger partial charge on any atom is 0.0726 e. The van der Waals surface area contributed by atoms with Crippen LogP contribution >= 0.6 is 0 Å². The molecule has 0 N–H and O–H groups in total. The second-order valence-corrected chi connectivity index (χ2v) is 15.0. The summed E-state index contributed by atoms with van der Waals surface area (Å²) < 4.78 is 0. The van der Waals surface area contributed by atoms with Crippen LogP contribution in [0.2, 0.25) is 0 Å². The maximum absolute atomic E-state index is 2.57. The molecule has 0 heterocycles. The molecule has 8 aromatic carbocycles. The number of para-hydroxylation sites is 2. The van der Waals surface area contributed by atoms with Gasteiger partial charge in [-0.1, -0.05) is 158 Å². The van der Waals surface area contributed by atoms with Crippen molar-refractivity contribution >= 4 is 17.1 Å². The lowest BCUT2D eigenvalue weighted by atomic mass is 9.70. The Bertz CT molecular complexity index is 2680. The molecular formula is C53H39N. The van der Waals surface area contributed by atoms with E-state index in [1.54, 1.807) is 0 Å². The Kier molecular flexibility index (Phi) is 7.10. The van der Waals surface area contributed by atoms with Gasteiger partial charge >= 0.3 is 0 Å². The van der Waals surface area contributed by atoms with E-state index >= 15 is 0 Å². The summed E-state index contributed by atoms with van der Waals surface area (Å²) in [5.74, 6) is 0. The fourth-order valence-corrected chi connectivity index (χ4v) is 9.96. The van der Waals surface area contributed by atoms with Crippen molar-refractivity contribution in [1.29, 1.82) is 0 Å². The fraction of sp³-hybridized carbons (Fsp3) is 0.0943. The number of rotatable bonds is 5. The zero-order valence-corrected chi connectivity index (χ0v) is 30.2. The van der Waals surface area contributed by atoms with E-state index in [9.17, 15) is 0 Å². The van der Waals surface area contributed by atoms with Crippen LogP contribution in [0.4, 0.5) is 17.1 Å². The first-order valence-corrected chi connectivity index (χ1v) is 19.4. The largest absolute Gasteiger partial charge is 0.309 e. The summed E-state index contributed by atoms with van der Waals surface area (Å²) in [6.07, 6.45) is 4.84. The van der Waals surface area contributed by atoms with Crippen molar-refractivity contribution in [2.75, 3.05) is 4.90 Å². The zero-order chi connectivity index (χ0) is 35.6. The molecule has 1 spiro atoms. The van der Waals surface area contributed by atoms with Gasteiger partial charge in [-0.2, -0.15) is 0 Å². The van der Waals surface area contributed by atoms with Crippen LogP contribution in [-0.4, -0.2) is 0 Å². The molecule has 3 aliphatic rings. The van der Waals surface area contributed by atoms with Crippen molar-refractivity contribution in [3.63, 3.8) is 0 Å². The molecule has 1 nitrogen and oxygen atoms in total. The lowest BCUT2D eigenvalue weighted by Gasteiger charge is -2.34. The van der Waals surface area contributed by atoms with E-state index < -0.39 is 5.41 Å². The summed E-state index contributed by atoms with van der Waals surface area (Å²) in [7, 11) is 0. The van der Waals surface area contributed by atoms with Crippen LogP contribution in [0, 0.1) is 0 Å². The zero-order valence-electron chi connectivity index (χ0n) is 30.2. The Morgan fingerprint density at radius 1 is 0.333 bits per heavy atom. The van der Waals surface area contributed by atoms with Crippen LogP contribution in [0.15, 0.2) is 188 Å². The Hall–Kier alpha value is -6.44. The lowest BCUT2D eigenvalue weighted by molar-refractivity contribution is 0.686. The molecule has 256 valence electrons. The number of aryl methyl sites for hydroxylation is 2. The highest BCUT2D eigenvalue weighted by Gasteiger charge is 2.52. The van der Waals surface area contributed by atoms with Gasteiger partial charge in [0.1, 0.15) is 0 Å². The minimum atomic E-state index is -0.441. The molecule has 0 unspecified atom stereocenters. The molecule has 54 heavy (non-hydrogen) atoms. The van der Waals surface area contributed by atoms with Gasteiger partial charge in [-0.05, 0) is 123 Å². The number of anilines is 3. The van der Waals surface area contributed by atoms with Gasteiger partial charge in [0.05, 0.1) is 16.8 Å². The lowest BCUT2D eigenvalue weighted by Crippen LogP contribution is -2.26. The third-order valence-corrected chi connectivity index (χ3v) is 12.3. The molecule has 8 aromatic rings. The molecule has 11 rings (SSSR count). The molecule has 0 bridgehead atoms. The monoisotopic (exact) mass is 689 g/mol. The predicted octanol–water partition coefficient (Wildman–Crippen LogP) is 13.7. The van der Waals surface area contributed by atoms with Crippen LogP contribution in [0.3, 0.4) is 0 Å². The average molecular weight is 690 g/mol. The summed E-state index contributed by atoms with van der Waals surface area (Å²) in [6.45, 7) is 0. The van der Waals surface area contributed by atoms with E-state index in [4.69, 9.17) is 0 Å². The van der Waals surface area contributed by atoms with Gasteiger partial charge in [0, 0.05) is 16.8 Å². The van der Waals surface area contributed by atoms with Crippen molar-refractivity contribution in [2.24, 2.45) is 0 Å². The molecule has 0 radical (unpaired) electrons. The highest BCUT2D eigenvalue weighted by atomic mass is 15.1. The topological polar surface area (TPSA) is 3.24 Å². The van der Waals surface area contributed by atoms with E-state index in [1.165, 1.54) is 103 Å². The average Bonchev–Trinajstić information content (AvgIpc) is 3.71. The Balaban J connectivity index is 1.27. The van der Waals surface area contributed by atoms with Gasteiger partial charge in [0.25, 0.3) is 0 Å². The molecular weight excluding hydrogens is 651 g/mol. The van der Waals surface area contributed by atoms with E-state index in [0.29, 0.717) is 0 Å². The third kappa shape index (κ3) is 4.51. The number of nitrogens with zero attached hydrogens (tertiary/aromatic N) is 1. The minimum absolute atomic E-state index is 0.441. The van der Waals surface area contributed by atoms with Crippen LogP contribution < -0.4 is 4.90 Å². The summed E-state index contributed by atoms with van der Waals surface area (Å²) in [5.41, 5.74) is 21.7. The van der Waals surface area contributed by atoms with E-state index in [2.05, 4.69) is 193 Å². The smallest absolute Gasteiger partial charge is 0.0726 e. The predicted molar refractivity (Wildman–Crippen MR) is 225 cm³/mol. The van der Waals surface area contributed by atoms with Crippen molar-refractivity contribution in [2.45, 2.75) is 31.1 Å². The first-order chi connectivity index (χ1) is 26.8. The highest BCUT2D eigenvalue weighted by Crippen LogP contribution is 2.64. The second kappa shape index (κ2) is 12.3. The van der Waals surface area contributed by atoms with Crippen molar-refractivity contribution in [3.8, 4) is 44.5 Å². The van der Waals surface area contributed by atoms with Gasteiger partial charge < -0.3 is 4.90 Å². The van der Waals surface area contributed by atoms with Crippen LogP contribution in [0.1, 0.15) is 46.2 Å². The highest BCUT2D eigenvalue weighted by molar-refractivity contribution is 6.01. The molecule has 0 aliphatic heterocycles. The molecule has 0 atom stereocenters. The normalized spacial score (nSPS) is 14.1. The summed E-state index contributed by atoms with van der Waals surface area (Å²) in [6, 6.07) is 70.5. The fourth-order valence-electron chi connectivity index (χ4n) is 9.96. The molecule has 0 saturated carbocycles. The number of fused-ring (bicyclic) bond motifs is 11. The molecule has 0 fully saturated rings. The van der Waals surface area contributed by atoms with Crippen molar-refractivity contribution in [3.05, 3.63) is 221 Å². The van der Waals surface area contributed by atoms with Gasteiger partial charge in [0.15, 0.2) is 0 Å². The Morgan fingerprint density at radius 2 is 0.870 bits per heavy atom. The van der Waals surface area contributed by atoms with Gasteiger partial charge in [-0.15, -0.1) is 0 Å². The summed E-state index contributed by atoms with van der Waals surface area (Å²) in [4.78, 5) is 2.53. The van der Waals surface area contributed by atoms with Gasteiger partial charge in [0.2, 0.25) is 0 Å². The van der Waals surface area contributed by atoms with E-state index in [1.807, 2.05) is 0 Å². The third-order valence-electron chi connectivity index (χ3n) is 12.3. The quantitative estimate of drug-likeness (QED) is 0.174. The van der Waals surface area contributed by atoms with E-state index in [-0.39, 0.29) is 0 Å². The SMILES string of the molecule is c1ccc(-c2ccccc2N(c2ccccc2)c2cc3c(cc2-c2ccc4c(c2)CCCC4)-c2ccccc2C32c3ccccc3-c3ccccc32)cc1. The van der Waals surface area contributed by atoms with E-state index in [0.717, 1.165) is 17.8 Å². The Labute approximate surface area is 317 Å². The van der Waals surface area contributed by atoms with Crippen LogP contribution in [0.25, 0.3) is 44.5 Å². The first-order valence-electron chi connectivity index (χ1n) is 19.4. The first kappa shape index (κ1) is 31.1. The number of hydrogen-bond donors (Lipinski definition) is 0. The number of hydrogen-bond acceptors (Lipinski definition) is 1. The molecule has 0 saturated heterocycles. The summed E-state index contributed by atoms with van der Waals surface area (Å²) >= 11 is 0. The van der Waals surface area contributed by atoms with Crippen LogP contribution in [0.5, 0.6) is 0 Å². The second-order valence-electron chi connectivity index (χ2n) is 15.0. The molecule has 0 amide bonds. The van der Waals surface area contributed by atoms with Gasteiger partial charge in [-0.25, -0.2) is 0 Å². The van der Waals surface area contributed by atoms with Gasteiger partial charge in [-0.3, -0.25) is 0 Å². The maximum atomic E-state index is 2.57. The van der Waals surface area contributed by atoms with Crippen molar-refractivity contribution < 1.29 is 0 Å². The minimum Gasteiger partial charge on any atom is -0.309 e. The van der Waals surface area contributed by atoms with Crippen molar-refractivity contribution in [1.82, 2.24) is 0 Å². The molecule has 3 aliphatic carbocycles. The molecule has 1 heteroatoms. The molecule has 0 aromatic heterocycles. The standard InChI is InChI=1S/C53H39N/c1-3-18-37(19-4-1)41-23-12-16-30-51(41)54(40-21-5-2-6-22-40)52-35-50-46(34-45(52)39-32-31-36-17-7-8-20-38(36)33-39)44-26-11-15-29-49(44)53(50)47-27-13-9-24-42(47)43-25-10-14-28-48(43)53/h1-6,9-16,18-19,21-35H,7-8,17,20H2. The number of benzene rings is 8. The van der Waals surface area contributed by atoms with Crippen LogP contribution in [-0.2, 0) is 18.3 Å². The summed E-state index contributed by atoms with van der Waals surface area (Å²) in [5, 5.41) is 0.